The standard InChI is InChI=1S/C13H17NO4/c1-9-2-3-11(13(16)17)12(6-9)14-4-5-18-10(7-14)8-15/h2-3,6,10,15H,4-5,7-8H2,1H3,(H,16,17). The smallest absolute Gasteiger partial charge is 0.337 e. The van der Waals surface area contributed by atoms with E-state index in [0.717, 1.165) is 5.56 Å². The van der Waals surface area contributed by atoms with Gasteiger partial charge in [-0.25, -0.2) is 4.79 Å². The van der Waals surface area contributed by atoms with Crippen molar-refractivity contribution >= 4 is 11.7 Å². The summed E-state index contributed by atoms with van der Waals surface area (Å²) in [6.45, 7) is 3.53. The first-order chi connectivity index (χ1) is 8.61. The molecule has 98 valence electrons. The number of carbonyl (C=O) groups is 1. The molecule has 0 radical (unpaired) electrons. The molecular weight excluding hydrogens is 234 g/mol. The largest absolute Gasteiger partial charge is 0.478 e. The number of hydrogen-bond acceptors (Lipinski definition) is 4. The minimum absolute atomic E-state index is 0.0509. The Hall–Kier alpha value is -1.59. The summed E-state index contributed by atoms with van der Waals surface area (Å²) >= 11 is 0. The maximum absolute atomic E-state index is 11.2. The summed E-state index contributed by atoms with van der Waals surface area (Å²) in [4.78, 5) is 13.2. The SMILES string of the molecule is Cc1ccc(C(=O)O)c(N2CCOC(CO)C2)c1. The molecule has 1 heterocycles. The second kappa shape index (κ2) is 5.37. The Kier molecular flexibility index (Phi) is 3.84. The fourth-order valence-corrected chi connectivity index (χ4v) is 2.13. The summed E-state index contributed by atoms with van der Waals surface area (Å²) in [5, 5.41) is 18.3. The number of morpholine rings is 1. The highest BCUT2D eigenvalue weighted by atomic mass is 16.5. The predicted octanol–water partition coefficient (Wildman–Crippen LogP) is 0.891. The molecule has 1 fully saturated rings. The van der Waals surface area contributed by atoms with Gasteiger partial charge in [0.15, 0.2) is 0 Å². The van der Waals surface area contributed by atoms with Gasteiger partial charge in [0.1, 0.15) is 0 Å². The molecule has 1 unspecified atom stereocenters. The lowest BCUT2D eigenvalue weighted by Gasteiger charge is -2.34. The number of benzene rings is 1. The molecule has 0 saturated carbocycles. The van der Waals surface area contributed by atoms with E-state index in [-0.39, 0.29) is 12.7 Å². The van der Waals surface area contributed by atoms with E-state index in [9.17, 15) is 9.90 Å². The summed E-state index contributed by atoms with van der Waals surface area (Å²) in [7, 11) is 0. The van der Waals surface area contributed by atoms with Gasteiger partial charge in [-0.05, 0) is 24.6 Å². The van der Waals surface area contributed by atoms with E-state index in [1.807, 2.05) is 17.9 Å². The summed E-state index contributed by atoms with van der Waals surface area (Å²) in [6, 6.07) is 5.27. The van der Waals surface area contributed by atoms with Gasteiger partial charge in [0.05, 0.1) is 30.6 Å². The van der Waals surface area contributed by atoms with Gasteiger partial charge in [0.25, 0.3) is 0 Å². The van der Waals surface area contributed by atoms with Crippen LogP contribution in [0.2, 0.25) is 0 Å². The number of carboxylic acid groups (broad SMARTS) is 1. The van der Waals surface area contributed by atoms with Crippen molar-refractivity contribution in [2.45, 2.75) is 13.0 Å². The molecule has 1 saturated heterocycles. The van der Waals surface area contributed by atoms with Gasteiger partial charge in [-0.3, -0.25) is 0 Å². The Morgan fingerprint density at radius 2 is 2.33 bits per heavy atom. The van der Waals surface area contributed by atoms with Crippen molar-refractivity contribution in [1.82, 2.24) is 0 Å². The summed E-state index contributed by atoms with van der Waals surface area (Å²) in [6.07, 6.45) is -0.249. The lowest BCUT2D eigenvalue weighted by molar-refractivity contribution is 0.00349. The van der Waals surface area contributed by atoms with Crippen LogP contribution in [0.1, 0.15) is 15.9 Å². The monoisotopic (exact) mass is 251 g/mol. The lowest BCUT2D eigenvalue weighted by atomic mass is 10.1. The van der Waals surface area contributed by atoms with Crippen molar-refractivity contribution in [3.8, 4) is 0 Å². The van der Waals surface area contributed by atoms with E-state index >= 15 is 0 Å². The highest BCUT2D eigenvalue weighted by molar-refractivity contribution is 5.94. The van der Waals surface area contributed by atoms with Crippen LogP contribution in [-0.4, -0.2) is 48.6 Å². The van der Waals surface area contributed by atoms with Crippen molar-refractivity contribution in [3.05, 3.63) is 29.3 Å². The average Bonchev–Trinajstić information content (AvgIpc) is 2.38. The van der Waals surface area contributed by atoms with Crippen LogP contribution in [0.4, 0.5) is 5.69 Å². The van der Waals surface area contributed by atoms with Gasteiger partial charge >= 0.3 is 5.97 Å². The normalized spacial score (nSPS) is 19.9. The Balaban J connectivity index is 2.31. The molecule has 0 bridgehead atoms. The number of hydrogen-bond donors (Lipinski definition) is 2. The van der Waals surface area contributed by atoms with Crippen molar-refractivity contribution in [3.63, 3.8) is 0 Å². The second-order valence-corrected chi connectivity index (χ2v) is 4.45. The number of aliphatic hydroxyl groups excluding tert-OH is 1. The van der Waals surface area contributed by atoms with Crippen LogP contribution in [0.25, 0.3) is 0 Å². The first-order valence-corrected chi connectivity index (χ1v) is 5.93. The number of aliphatic hydroxyl groups is 1. The average molecular weight is 251 g/mol. The number of ether oxygens (including phenoxy) is 1. The number of carboxylic acids is 1. The molecule has 1 atom stereocenters. The van der Waals surface area contributed by atoms with E-state index in [1.54, 1.807) is 12.1 Å². The van der Waals surface area contributed by atoms with E-state index < -0.39 is 5.97 Å². The summed E-state index contributed by atoms with van der Waals surface area (Å²) in [5.74, 6) is -0.933. The first kappa shape index (κ1) is 12.9. The number of nitrogens with zero attached hydrogens (tertiary/aromatic N) is 1. The highest BCUT2D eigenvalue weighted by Gasteiger charge is 2.23. The molecule has 1 aromatic carbocycles. The van der Waals surface area contributed by atoms with Gasteiger partial charge < -0.3 is 19.8 Å². The number of anilines is 1. The van der Waals surface area contributed by atoms with Crippen molar-refractivity contribution in [1.29, 1.82) is 0 Å². The lowest BCUT2D eigenvalue weighted by Crippen LogP contribution is -2.44. The minimum atomic E-state index is -0.933. The minimum Gasteiger partial charge on any atom is -0.478 e. The molecule has 0 spiro atoms. The van der Waals surface area contributed by atoms with Gasteiger partial charge in [-0.2, -0.15) is 0 Å². The van der Waals surface area contributed by atoms with E-state index in [1.165, 1.54) is 0 Å². The molecule has 1 aliphatic heterocycles. The van der Waals surface area contributed by atoms with Crippen LogP contribution in [0.3, 0.4) is 0 Å². The maximum atomic E-state index is 11.2. The van der Waals surface area contributed by atoms with Crippen LogP contribution >= 0.6 is 0 Å². The zero-order chi connectivity index (χ0) is 13.1. The third-order valence-electron chi connectivity index (χ3n) is 3.07. The maximum Gasteiger partial charge on any atom is 0.337 e. The molecule has 1 aromatic rings. The molecular formula is C13H17NO4. The van der Waals surface area contributed by atoms with Crippen LogP contribution in [0.5, 0.6) is 0 Å². The van der Waals surface area contributed by atoms with E-state index in [0.29, 0.717) is 30.9 Å². The molecule has 0 amide bonds. The van der Waals surface area contributed by atoms with E-state index in [2.05, 4.69) is 0 Å². The molecule has 18 heavy (non-hydrogen) atoms. The molecule has 2 N–H and O–H groups in total. The Bertz CT molecular complexity index is 447. The van der Waals surface area contributed by atoms with Crippen molar-refractivity contribution in [2.24, 2.45) is 0 Å². The number of aromatic carboxylic acids is 1. The number of aryl methyl sites for hydroxylation is 1. The molecule has 2 rings (SSSR count). The van der Waals surface area contributed by atoms with Gasteiger partial charge in [0.2, 0.25) is 0 Å². The van der Waals surface area contributed by atoms with E-state index in [4.69, 9.17) is 9.84 Å². The van der Waals surface area contributed by atoms with Gasteiger partial charge in [-0.15, -0.1) is 0 Å². The summed E-state index contributed by atoms with van der Waals surface area (Å²) in [5.41, 5.74) is 2.01. The third kappa shape index (κ3) is 2.63. The topological polar surface area (TPSA) is 70.0 Å². The van der Waals surface area contributed by atoms with Gasteiger partial charge in [0, 0.05) is 13.1 Å². The Labute approximate surface area is 106 Å². The molecule has 1 aliphatic rings. The number of rotatable bonds is 3. The van der Waals surface area contributed by atoms with Crippen molar-refractivity contribution in [2.75, 3.05) is 31.2 Å². The molecule has 0 aromatic heterocycles. The van der Waals surface area contributed by atoms with Crippen LogP contribution in [0.15, 0.2) is 18.2 Å². The Morgan fingerprint density at radius 3 is 3.00 bits per heavy atom. The van der Waals surface area contributed by atoms with Crippen LogP contribution in [-0.2, 0) is 4.74 Å². The second-order valence-electron chi connectivity index (χ2n) is 4.45. The molecule has 0 aliphatic carbocycles. The Morgan fingerprint density at radius 1 is 1.56 bits per heavy atom. The van der Waals surface area contributed by atoms with Gasteiger partial charge in [-0.1, -0.05) is 6.07 Å². The van der Waals surface area contributed by atoms with Crippen molar-refractivity contribution < 1.29 is 19.7 Å². The fraction of sp³-hybridized carbons (Fsp3) is 0.462. The zero-order valence-corrected chi connectivity index (χ0v) is 10.3. The summed E-state index contributed by atoms with van der Waals surface area (Å²) < 4.78 is 5.37. The zero-order valence-electron chi connectivity index (χ0n) is 10.3. The first-order valence-electron chi connectivity index (χ1n) is 5.93. The van der Waals surface area contributed by atoms with Crippen LogP contribution < -0.4 is 4.90 Å². The van der Waals surface area contributed by atoms with Crippen LogP contribution in [0, 0.1) is 6.92 Å². The quantitative estimate of drug-likeness (QED) is 0.835. The fourth-order valence-electron chi connectivity index (χ4n) is 2.13. The predicted molar refractivity (Wildman–Crippen MR) is 67.2 cm³/mol. The highest BCUT2D eigenvalue weighted by Crippen LogP contribution is 2.24. The third-order valence-corrected chi connectivity index (χ3v) is 3.07. The molecule has 5 heteroatoms. The molecule has 5 nitrogen and oxygen atoms in total.